The van der Waals surface area contributed by atoms with E-state index >= 15 is 0 Å². The van der Waals surface area contributed by atoms with Crippen LogP contribution in [-0.4, -0.2) is 30.0 Å². The van der Waals surface area contributed by atoms with E-state index in [1.54, 1.807) is 7.11 Å². The van der Waals surface area contributed by atoms with E-state index in [2.05, 4.69) is 39.5 Å². The van der Waals surface area contributed by atoms with Crippen molar-refractivity contribution in [1.82, 2.24) is 15.1 Å². The number of aryl methyl sites for hydroxylation is 1. The summed E-state index contributed by atoms with van der Waals surface area (Å²) in [6.07, 6.45) is 0. The molecule has 0 spiro atoms. The fourth-order valence-corrected chi connectivity index (χ4v) is 3.40. The number of aromatic nitrogens is 2. The van der Waals surface area contributed by atoms with Crippen molar-refractivity contribution in [2.45, 2.75) is 26.4 Å². The first-order valence-corrected chi connectivity index (χ1v) is 8.72. The van der Waals surface area contributed by atoms with Crippen molar-refractivity contribution in [3.05, 3.63) is 41.8 Å². The van der Waals surface area contributed by atoms with Gasteiger partial charge in [-0.2, -0.15) is 5.10 Å². The van der Waals surface area contributed by atoms with Crippen LogP contribution in [0.4, 0.5) is 5.82 Å². The predicted molar refractivity (Wildman–Crippen MR) is 98.1 cm³/mol. The number of nitrogens with zero attached hydrogens (tertiary/aromatic N) is 2. The van der Waals surface area contributed by atoms with Crippen molar-refractivity contribution >= 4 is 16.8 Å². The Balaban J connectivity index is 1.42. The summed E-state index contributed by atoms with van der Waals surface area (Å²) >= 11 is 0. The number of ether oxygens (including phenoxy) is 1. The number of para-hydroxylation sites is 1. The van der Waals surface area contributed by atoms with E-state index in [0.717, 1.165) is 53.6 Å². The summed E-state index contributed by atoms with van der Waals surface area (Å²) < 4.78 is 13.5. The van der Waals surface area contributed by atoms with E-state index in [9.17, 15) is 0 Å². The Kier molecular flexibility index (Phi) is 4.13. The third kappa shape index (κ3) is 3.09. The second kappa shape index (κ2) is 6.44. The van der Waals surface area contributed by atoms with Gasteiger partial charge in [0, 0.05) is 37.0 Å². The number of nitrogens with one attached hydrogen (secondary N) is 2. The van der Waals surface area contributed by atoms with Crippen LogP contribution in [0.25, 0.3) is 11.0 Å². The number of hydrogen-bond donors (Lipinski definition) is 2. The smallest absolute Gasteiger partial charge is 0.176 e. The monoisotopic (exact) mass is 340 g/mol. The zero-order valence-electron chi connectivity index (χ0n) is 14.9. The Hall–Kier alpha value is -2.47. The third-order valence-corrected chi connectivity index (χ3v) is 4.79. The molecule has 0 bridgehead atoms. The molecule has 3 heterocycles. The van der Waals surface area contributed by atoms with E-state index in [1.165, 1.54) is 0 Å². The molecule has 2 atom stereocenters. The highest BCUT2D eigenvalue weighted by Gasteiger charge is 2.21. The van der Waals surface area contributed by atoms with Gasteiger partial charge in [0.15, 0.2) is 11.3 Å². The maximum atomic E-state index is 6.03. The summed E-state index contributed by atoms with van der Waals surface area (Å²) in [5.74, 6) is 3.31. The lowest BCUT2D eigenvalue weighted by atomic mass is 10.1. The van der Waals surface area contributed by atoms with E-state index in [-0.39, 0.29) is 6.04 Å². The number of anilines is 1. The normalized spacial score (nSPS) is 18.0. The van der Waals surface area contributed by atoms with Crippen molar-refractivity contribution in [2.75, 3.05) is 25.5 Å². The van der Waals surface area contributed by atoms with Crippen molar-refractivity contribution in [3.8, 4) is 5.75 Å². The van der Waals surface area contributed by atoms with Gasteiger partial charge in [0.2, 0.25) is 0 Å². The van der Waals surface area contributed by atoms with E-state index < -0.39 is 0 Å². The number of fused-ring (bicyclic) bond motifs is 2. The van der Waals surface area contributed by atoms with Gasteiger partial charge in [-0.1, -0.05) is 12.1 Å². The SMILES string of the molecule is COc1cccc2cc([C@@H](C)NC[C@H]3CNc4cc(C)nn4C3)oc12. The molecule has 1 aromatic carbocycles. The number of furan rings is 1. The van der Waals surface area contributed by atoms with Crippen LogP contribution in [0, 0.1) is 12.8 Å². The van der Waals surface area contributed by atoms with Gasteiger partial charge in [-0.3, -0.25) is 0 Å². The molecule has 0 amide bonds. The molecule has 1 aliphatic heterocycles. The molecular weight excluding hydrogens is 316 g/mol. The Bertz CT molecular complexity index is 883. The highest BCUT2D eigenvalue weighted by Crippen LogP contribution is 2.31. The minimum Gasteiger partial charge on any atom is -0.493 e. The molecule has 0 aliphatic carbocycles. The van der Waals surface area contributed by atoms with Crippen molar-refractivity contribution in [1.29, 1.82) is 0 Å². The van der Waals surface area contributed by atoms with Gasteiger partial charge in [0.05, 0.1) is 18.8 Å². The fourth-order valence-electron chi connectivity index (χ4n) is 3.40. The van der Waals surface area contributed by atoms with Gasteiger partial charge in [0.25, 0.3) is 0 Å². The van der Waals surface area contributed by atoms with Crippen molar-refractivity contribution in [2.24, 2.45) is 5.92 Å². The second-order valence-electron chi connectivity index (χ2n) is 6.76. The molecule has 2 aromatic heterocycles. The lowest BCUT2D eigenvalue weighted by Crippen LogP contribution is -2.36. The Morgan fingerprint density at radius 3 is 3.16 bits per heavy atom. The molecular formula is C19H24N4O2. The quantitative estimate of drug-likeness (QED) is 0.746. The number of hydrogen-bond acceptors (Lipinski definition) is 5. The molecule has 1 aliphatic rings. The average Bonchev–Trinajstić information content (AvgIpc) is 3.21. The first kappa shape index (κ1) is 16.0. The molecule has 2 N–H and O–H groups in total. The van der Waals surface area contributed by atoms with Crippen LogP contribution < -0.4 is 15.4 Å². The van der Waals surface area contributed by atoms with Crippen LogP contribution >= 0.6 is 0 Å². The molecule has 0 radical (unpaired) electrons. The third-order valence-electron chi connectivity index (χ3n) is 4.79. The molecule has 3 aromatic rings. The summed E-state index contributed by atoms with van der Waals surface area (Å²) in [5, 5.41) is 12.6. The Morgan fingerprint density at radius 1 is 1.44 bits per heavy atom. The van der Waals surface area contributed by atoms with Crippen LogP contribution in [0.15, 0.2) is 34.7 Å². The van der Waals surface area contributed by atoms with Gasteiger partial charge in [0.1, 0.15) is 11.6 Å². The van der Waals surface area contributed by atoms with Gasteiger partial charge in [-0.25, -0.2) is 4.68 Å². The minimum atomic E-state index is 0.137. The molecule has 132 valence electrons. The van der Waals surface area contributed by atoms with Gasteiger partial charge in [-0.05, 0) is 26.0 Å². The van der Waals surface area contributed by atoms with Crippen LogP contribution in [0.1, 0.15) is 24.4 Å². The zero-order chi connectivity index (χ0) is 17.4. The highest BCUT2D eigenvalue weighted by molar-refractivity contribution is 5.83. The maximum Gasteiger partial charge on any atom is 0.176 e. The molecule has 0 saturated carbocycles. The van der Waals surface area contributed by atoms with Crippen LogP contribution in [-0.2, 0) is 6.54 Å². The standard InChI is InChI=1S/C19H24N4O2/c1-12-7-18-21-10-14(11-23(18)22-12)9-20-13(2)17-8-15-5-4-6-16(24-3)19(15)25-17/h4-8,13-14,20-21H,9-11H2,1-3H3/t13-,14+/m1/s1. The number of methoxy groups -OCH3 is 1. The van der Waals surface area contributed by atoms with E-state index in [4.69, 9.17) is 9.15 Å². The van der Waals surface area contributed by atoms with Crippen molar-refractivity contribution < 1.29 is 9.15 Å². The summed E-state index contributed by atoms with van der Waals surface area (Å²) in [6.45, 7) is 6.95. The largest absolute Gasteiger partial charge is 0.493 e. The molecule has 6 nitrogen and oxygen atoms in total. The van der Waals surface area contributed by atoms with E-state index in [0.29, 0.717) is 5.92 Å². The lowest BCUT2D eigenvalue weighted by molar-refractivity contribution is 0.357. The minimum absolute atomic E-state index is 0.137. The summed E-state index contributed by atoms with van der Waals surface area (Å²) in [6, 6.07) is 10.3. The number of benzene rings is 1. The molecule has 6 heteroatoms. The van der Waals surface area contributed by atoms with Crippen LogP contribution in [0.2, 0.25) is 0 Å². The van der Waals surface area contributed by atoms with Gasteiger partial charge < -0.3 is 19.8 Å². The average molecular weight is 340 g/mol. The van der Waals surface area contributed by atoms with E-state index in [1.807, 2.05) is 25.1 Å². The molecule has 0 fully saturated rings. The molecule has 0 saturated heterocycles. The topological polar surface area (TPSA) is 64.2 Å². The Morgan fingerprint density at radius 2 is 2.32 bits per heavy atom. The summed E-state index contributed by atoms with van der Waals surface area (Å²) in [7, 11) is 1.67. The zero-order valence-corrected chi connectivity index (χ0v) is 14.9. The highest BCUT2D eigenvalue weighted by atomic mass is 16.5. The van der Waals surface area contributed by atoms with Gasteiger partial charge >= 0.3 is 0 Å². The number of rotatable bonds is 5. The Labute approximate surface area is 147 Å². The summed E-state index contributed by atoms with van der Waals surface area (Å²) in [5.41, 5.74) is 1.87. The molecule has 4 rings (SSSR count). The lowest BCUT2D eigenvalue weighted by Gasteiger charge is -2.26. The predicted octanol–water partition coefficient (Wildman–Crippen LogP) is 3.34. The van der Waals surface area contributed by atoms with Gasteiger partial charge in [-0.15, -0.1) is 0 Å². The fraction of sp³-hybridized carbons (Fsp3) is 0.421. The van der Waals surface area contributed by atoms with Crippen molar-refractivity contribution in [3.63, 3.8) is 0 Å². The first-order chi connectivity index (χ1) is 12.1. The molecule has 0 unspecified atom stereocenters. The second-order valence-corrected chi connectivity index (χ2v) is 6.76. The summed E-state index contributed by atoms with van der Waals surface area (Å²) in [4.78, 5) is 0. The van der Waals surface area contributed by atoms with Crippen LogP contribution in [0.3, 0.4) is 0 Å². The molecule has 25 heavy (non-hydrogen) atoms. The van der Waals surface area contributed by atoms with Crippen LogP contribution in [0.5, 0.6) is 5.75 Å². The maximum absolute atomic E-state index is 6.03. The first-order valence-electron chi connectivity index (χ1n) is 8.72.